The lowest BCUT2D eigenvalue weighted by molar-refractivity contribution is -0.137. The molecule has 0 saturated carbocycles. The Morgan fingerprint density at radius 3 is 2.38 bits per heavy atom. The van der Waals surface area contributed by atoms with Crippen molar-refractivity contribution in [1.29, 1.82) is 0 Å². The lowest BCUT2D eigenvalue weighted by atomic mass is 10.0. The molecule has 2 atom stereocenters. The molecule has 5 nitrogen and oxygen atoms in total. The zero-order chi connectivity index (χ0) is 16.3. The molecule has 2 amide bonds. The molecular formula is C16H32N2O3. The lowest BCUT2D eigenvalue weighted by Crippen LogP contribution is -2.45. The van der Waals surface area contributed by atoms with E-state index in [9.17, 15) is 9.59 Å². The van der Waals surface area contributed by atoms with Gasteiger partial charge in [0.15, 0.2) is 0 Å². The van der Waals surface area contributed by atoms with E-state index in [0.29, 0.717) is 18.9 Å². The molecule has 0 aromatic carbocycles. The van der Waals surface area contributed by atoms with Crippen LogP contribution in [-0.4, -0.2) is 41.1 Å². The smallest absolute Gasteiger partial charge is 0.317 e. The molecule has 0 aromatic rings. The van der Waals surface area contributed by atoms with Crippen LogP contribution in [0.5, 0.6) is 0 Å². The van der Waals surface area contributed by atoms with Gasteiger partial charge in [0.05, 0.1) is 0 Å². The molecule has 2 unspecified atom stereocenters. The second kappa shape index (κ2) is 11.4. The minimum atomic E-state index is -0.756. The normalized spacial score (nSPS) is 13.5. The largest absolute Gasteiger partial charge is 0.481 e. The Bertz CT molecular complexity index is 308. The van der Waals surface area contributed by atoms with E-state index in [-0.39, 0.29) is 18.5 Å². The SMILES string of the molecule is CCCCN(C(=O)NCCC(C)CCC(=O)O)C(C)CC. The summed E-state index contributed by atoms with van der Waals surface area (Å²) in [5, 5.41) is 11.6. The van der Waals surface area contributed by atoms with Gasteiger partial charge in [0.1, 0.15) is 0 Å². The summed E-state index contributed by atoms with van der Waals surface area (Å²) in [5.74, 6) is -0.442. The van der Waals surface area contributed by atoms with Crippen LogP contribution in [0, 0.1) is 5.92 Å². The van der Waals surface area contributed by atoms with Crippen LogP contribution in [0.1, 0.15) is 66.2 Å². The third kappa shape index (κ3) is 9.32. The molecular weight excluding hydrogens is 268 g/mol. The minimum Gasteiger partial charge on any atom is -0.481 e. The Balaban J connectivity index is 4.09. The predicted molar refractivity (Wildman–Crippen MR) is 85.4 cm³/mol. The third-order valence-corrected chi connectivity index (χ3v) is 3.90. The van der Waals surface area contributed by atoms with Gasteiger partial charge < -0.3 is 15.3 Å². The van der Waals surface area contributed by atoms with E-state index in [1.165, 1.54) is 0 Å². The van der Waals surface area contributed by atoms with Crippen molar-refractivity contribution in [1.82, 2.24) is 10.2 Å². The fourth-order valence-corrected chi connectivity index (χ4v) is 2.11. The maximum Gasteiger partial charge on any atom is 0.317 e. The van der Waals surface area contributed by atoms with Gasteiger partial charge in [0, 0.05) is 25.6 Å². The van der Waals surface area contributed by atoms with Crippen LogP contribution in [0.3, 0.4) is 0 Å². The highest BCUT2D eigenvalue weighted by molar-refractivity contribution is 5.74. The highest BCUT2D eigenvalue weighted by Crippen LogP contribution is 2.10. The van der Waals surface area contributed by atoms with E-state index < -0.39 is 5.97 Å². The zero-order valence-electron chi connectivity index (χ0n) is 14.0. The van der Waals surface area contributed by atoms with Crippen molar-refractivity contribution in [3.05, 3.63) is 0 Å². The van der Waals surface area contributed by atoms with Crippen LogP contribution in [0.4, 0.5) is 4.79 Å². The number of unbranched alkanes of at least 4 members (excludes halogenated alkanes) is 1. The van der Waals surface area contributed by atoms with E-state index in [1.807, 2.05) is 11.8 Å². The van der Waals surface area contributed by atoms with E-state index in [0.717, 1.165) is 32.2 Å². The Morgan fingerprint density at radius 2 is 1.86 bits per heavy atom. The second-order valence-electron chi connectivity index (χ2n) is 5.86. The number of carbonyl (C=O) groups is 2. The first-order valence-corrected chi connectivity index (χ1v) is 8.18. The molecule has 0 bridgehead atoms. The van der Waals surface area contributed by atoms with E-state index in [4.69, 9.17) is 5.11 Å². The summed E-state index contributed by atoms with van der Waals surface area (Å²) in [6, 6.07) is 0.254. The molecule has 0 aliphatic carbocycles. The quantitative estimate of drug-likeness (QED) is 0.613. The van der Waals surface area contributed by atoms with Crippen LogP contribution in [0.15, 0.2) is 0 Å². The highest BCUT2D eigenvalue weighted by Gasteiger charge is 2.17. The van der Waals surface area contributed by atoms with Crippen molar-refractivity contribution in [2.24, 2.45) is 5.92 Å². The molecule has 21 heavy (non-hydrogen) atoms. The molecule has 0 heterocycles. The first kappa shape index (κ1) is 19.7. The number of nitrogens with zero attached hydrogens (tertiary/aromatic N) is 1. The first-order valence-electron chi connectivity index (χ1n) is 8.18. The van der Waals surface area contributed by atoms with E-state index in [1.54, 1.807) is 0 Å². The van der Waals surface area contributed by atoms with Crippen molar-refractivity contribution in [2.75, 3.05) is 13.1 Å². The number of amides is 2. The standard InChI is InChI=1S/C16H32N2O3/c1-5-7-12-18(14(4)6-2)16(21)17-11-10-13(3)8-9-15(19)20/h13-14H,5-12H2,1-4H3,(H,17,21)(H,19,20). The molecule has 0 aliphatic rings. The van der Waals surface area contributed by atoms with Gasteiger partial charge >= 0.3 is 12.0 Å². The van der Waals surface area contributed by atoms with Crippen LogP contribution in [0.2, 0.25) is 0 Å². The molecule has 2 N–H and O–H groups in total. The van der Waals surface area contributed by atoms with Crippen molar-refractivity contribution < 1.29 is 14.7 Å². The number of carboxylic acids is 1. The number of nitrogens with one attached hydrogen (secondary N) is 1. The maximum atomic E-state index is 12.2. The van der Waals surface area contributed by atoms with E-state index in [2.05, 4.69) is 26.1 Å². The van der Waals surface area contributed by atoms with Crippen molar-refractivity contribution in [3.63, 3.8) is 0 Å². The van der Waals surface area contributed by atoms with E-state index >= 15 is 0 Å². The molecule has 0 spiro atoms. The topological polar surface area (TPSA) is 69.6 Å². The van der Waals surface area contributed by atoms with Crippen molar-refractivity contribution in [2.45, 2.75) is 72.3 Å². The Labute approximate surface area is 129 Å². The Morgan fingerprint density at radius 1 is 1.19 bits per heavy atom. The van der Waals surface area contributed by atoms with Gasteiger partial charge in [-0.3, -0.25) is 4.79 Å². The number of carboxylic acid groups (broad SMARTS) is 1. The number of carbonyl (C=O) groups excluding carboxylic acids is 1. The van der Waals surface area contributed by atoms with Crippen LogP contribution < -0.4 is 5.32 Å². The number of hydrogen-bond acceptors (Lipinski definition) is 2. The molecule has 124 valence electrons. The van der Waals surface area contributed by atoms with Gasteiger partial charge in [-0.1, -0.05) is 27.2 Å². The average Bonchev–Trinajstić information content (AvgIpc) is 2.45. The summed E-state index contributed by atoms with van der Waals surface area (Å²) < 4.78 is 0. The fourth-order valence-electron chi connectivity index (χ4n) is 2.11. The summed E-state index contributed by atoms with van der Waals surface area (Å²) in [6.45, 7) is 9.72. The van der Waals surface area contributed by atoms with Gasteiger partial charge in [0.25, 0.3) is 0 Å². The number of urea groups is 1. The average molecular weight is 300 g/mol. The van der Waals surface area contributed by atoms with Crippen molar-refractivity contribution in [3.8, 4) is 0 Å². The summed E-state index contributed by atoms with van der Waals surface area (Å²) in [7, 11) is 0. The van der Waals surface area contributed by atoms with Crippen LogP contribution >= 0.6 is 0 Å². The Hall–Kier alpha value is -1.26. The molecule has 5 heteroatoms. The number of hydrogen-bond donors (Lipinski definition) is 2. The molecule has 0 radical (unpaired) electrons. The number of aliphatic carboxylic acids is 1. The molecule has 0 rings (SSSR count). The van der Waals surface area contributed by atoms with Crippen LogP contribution in [-0.2, 0) is 4.79 Å². The first-order chi connectivity index (χ1) is 9.92. The predicted octanol–water partition coefficient (Wildman–Crippen LogP) is 3.49. The van der Waals surface area contributed by atoms with Gasteiger partial charge in [-0.05, 0) is 38.5 Å². The summed E-state index contributed by atoms with van der Waals surface area (Å²) in [4.78, 5) is 24.6. The summed E-state index contributed by atoms with van der Waals surface area (Å²) in [5.41, 5.74) is 0. The lowest BCUT2D eigenvalue weighted by Gasteiger charge is -2.29. The Kier molecular flexibility index (Phi) is 10.7. The summed E-state index contributed by atoms with van der Waals surface area (Å²) >= 11 is 0. The second-order valence-corrected chi connectivity index (χ2v) is 5.86. The molecule has 0 aromatic heterocycles. The number of rotatable bonds is 11. The van der Waals surface area contributed by atoms with Gasteiger partial charge in [-0.15, -0.1) is 0 Å². The van der Waals surface area contributed by atoms with Gasteiger partial charge in [-0.2, -0.15) is 0 Å². The van der Waals surface area contributed by atoms with Crippen molar-refractivity contribution >= 4 is 12.0 Å². The molecule has 0 saturated heterocycles. The highest BCUT2D eigenvalue weighted by atomic mass is 16.4. The van der Waals surface area contributed by atoms with Crippen LogP contribution in [0.25, 0.3) is 0 Å². The summed E-state index contributed by atoms with van der Waals surface area (Å²) in [6.07, 6.45) is 4.73. The fraction of sp³-hybridized carbons (Fsp3) is 0.875. The minimum absolute atomic E-state index is 0.00299. The maximum absolute atomic E-state index is 12.2. The monoisotopic (exact) mass is 300 g/mol. The zero-order valence-corrected chi connectivity index (χ0v) is 14.0. The van der Waals surface area contributed by atoms with Gasteiger partial charge in [0.2, 0.25) is 0 Å². The van der Waals surface area contributed by atoms with Gasteiger partial charge in [-0.25, -0.2) is 4.79 Å². The third-order valence-electron chi connectivity index (χ3n) is 3.90. The molecule has 0 aliphatic heterocycles. The molecule has 0 fully saturated rings.